The topological polar surface area (TPSA) is 219 Å². The van der Waals surface area contributed by atoms with Gasteiger partial charge in [-0.15, -0.1) is 0 Å². The van der Waals surface area contributed by atoms with Gasteiger partial charge in [-0.05, 0) is 19.4 Å². The van der Waals surface area contributed by atoms with E-state index in [0.717, 1.165) is 0 Å². The molecule has 0 aromatic rings. The molecule has 30 heavy (non-hydrogen) atoms. The summed E-state index contributed by atoms with van der Waals surface area (Å²) in [6, 6.07) is -0.806. The van der Waals surface area contributed by atoms with Crippen LogP contribution >= 0.6 is 0 Å². The molecule has 13 nitrogen and oxygen atoms in total. The lowest BCUT2D eigenvalue weighted by atomic mass is 9.87. The van der Waals surface area contributed by atoms with Gasteiger partial charge < -0.3 is 60.4 Å². The van der Waals surface area contributed by atoms with Gasteiger partial charge >= 0.3 is 0 Å². The highest BCUT2D eigenvalue weighted by atomic mass is 16.7. The number of nitrogens with one attached hydrogen (secondary N) is 1. The fourth-order valence-corrected chi connectivity index (χ4v) is 4.00. The fraction of sp³-hybridized carbons (Fsp3) is 0.941. The molecule has 174 valence electrons. The molecule has 0 aromatic carbocycles. The molecule has 13 heteroatoms. The maximum atomic E-state index is 12.7. The molecule has 0 aromatic heterocycles. The summed E-state index contributed by atoms with van der Waals surface area (Å²) >= 11 is 0. The Morgan fingerprint density at radius 2 is 1.67 bits per heavy atom. The maximum absolute atomic E-state index is 12.7. The van der Waals surface area contributed by atoms with Crippen LogP contribution in [0.4, 0.5) is 0 Å². The normalized spacial score (nSPS) is 49.9. The summed E-state index contributed by atoms with van der Waals surface area (Å²) < 4.78 is 15.8. The molecular formula is C17H29NO12. The largest absolute Gasteiger partial charge is 0.394 e. The molecule has 0 saturated carbocycles. The molecule has 0 spiro atoms. The van der Waals surface area contributed by atoms with Crippen molar-refractivity contribution in [2.45, 2.75) is 79.8 Å². The first-order valence-corrected chi connectivity index (χ1v) is 9.76. The molecule has 3 aliphatic rings. The first-order valence-electron chi connectivity index (χ1n) is 9.76. The van der Waals surface area contributed by atoms with Gasteiger partial charge in [-0.1, -0.05) is 0 Å². The minimum Gasteiger partial charge on any atom is -0.394 e. The fourth-order valence-electron chi connectivity index (χ4n) is 4.00. The third-order valence-corrected chi connectivity index (χ3v) is 5.81. The van der Waals surface area contributed by atoms with Crippen molar-refractivity contribution < 1.29 is 59.9 Å². The van der Waals surface area contributed by atoms with Crippen molar-refractivity contribution in [2.75, 3.05) is 19.8 Å². The molecule has 1 unspecified atom stereocenters. The maximum Gasteiger partial charge on any atom is 0.258 e. The second-order valence-electron chi connectivity index (χ2n) is 7.78. The third-order valence-electron chi connectivity index (χ3n) is 5.81. The zero-order chi connectivity index (χ0) is 22.2. The molecule has 9 N–H and O–H groups in total. The summed E-state index contributed by atoms with van der Waals surface area (Å²) in [6.45, 7) is -1.04. The van der Waals surface area contributed by atoms with E-state index < -0.39 is 85.9 Å². The van der Waals surface area contributed by atoms with Crippen molar-refractivity contribution in [2.24, 2.45) is 0 Å². The number of aliphatic hydroxyl groups is 8. The molecule has 3 heterocycles. The Morgan fingerprint density at radius 1 is 1.00 bits per heavy atom. The minimum atomic E-state index is -2.82. The van der Waals surface area contributed by atoms with E-state index in [9.17, 15) is 45.6 Å². The van der Waals surface area contributed by atoms with Crippen LogP contribution in [0, 0.1) is 0 Å². The number of carbonyl (C=O) groups is 1. The van der Waals surface area contributed by atoms with Crippen LogP contribution in [0.1, 0.15) is 12.8 Å². The van der Waals surface area contributed by atoms with Gasteiger partial charge in [-0.2, -0.15) is 0 Å². The number of ketones is 1. The van der Waals surface area contributed by atoms with E-state index in [1.807, 2.05) is 0 Å². The summed E-state index contributed by atoms with van der Waals surface area (Å²) in [5, 5.41) is 83.2. The highest BCUT2D eigenvalue weighted by Gasteiger charge is 2.60. The smallest absolute Gasteiger partial charge is 0.258 e. The number of carbonyl (C=O) groups excluding carboxylic acids is 1. The number of Topliss-reactive ketones (excluding diaryl/α,β-unsaturated/α-hetero) is 1. The van der Waals surface area contributed by atoms with Gasteiger partial charge in [0.05, 0.1) is 19.3 Å². The van der Waals surface area contributed by atoms with Crippen LogP contribution in [-0.2, 0) is 19.0 Å². The molecule has 0 radical (unpaired) electrons. The van der Waals surface area contributed by atoms with E-state index in [1.165, 1.54) is 0 Å². The third kappa shape index (κ3) is 4.13. The second kappa shape index (κ2) is 9.36. The Kier molecular flexibility index (Phi) is 7.44. The Bertz CT molecular complexity index is 599. The van der Waals surface area contributed by atoms with Crippen molar-refractivity contribution in [1.29, 1.82) is 0 Å². The summed E-state index contributed by atoms with van der Waals surface area (Å²) in [5.41, 5.74) is 0. The Hall–Kier alpha value is -0.810. The average Bonchev–Trinajstić information content (AvgIpc) is 3.28. The van der Waals surface area contributed by atoms with Crippen LogP contribution in [0.3, 0.4) is 0 Å². The van der Waals surface area contributed by atoms with E-state index in [-0.39, 0.29) is 0 Å². The Balaban J connectivity index is 1.77. The molecule has 11 atom stereocenters. The highest BCUT2D eigenvalue weighted by Crippen LogP contribution is 2.34. The molecule has 3 aliphatic heterocycles. The summed E-state index contributed by atoms with van der Waals surface area (Å²) in [6.07, 6.45) is -14.4. The summed E-state index contributed by atoms with van der Waals surface area (Å²) in [5.74, 6) is -3.72. The van der Waals surface area contributed by atoms with Crippen molar-refractivity contribution in [1.82, 2.24) is 5.32 Å². The molecule has 3 rings (SSSR count). The van der Waals surface area contributed by atoms with Crippen molar-refractivity contribution in [3.63, 3.8) is 0 Å². The SMILES string of the molecule is O=C([C@@H]1CCCN1)C1(O)O[C@H](CO)[C@@H](O[C@@H]2O[C@H](CO)[C@H](O)[C@H](O)[C@H]2O)[C@H](O)[C@H]1O. The average molecular weight is 439 g/mol. The van der Waals surface area contributed by atoms with E-state index >= 15 is 0 Å². The summed E-state index contributed by atoms with van der Waals surface area (Å²) in [4.78, 5) is 12.7. The van der Waals surface area contributed by atoms with Gasteiger partial charge in [-0.25, -0.2) is 0 Å². The number of hydrogen-bond acceptors (Lipinski definition) is 13. The predicted molar refractivity (Wildman–Crippen MR) is 93.6 cm³/mol. The molecule has 3 fully saturated rings. The van der Waals surface area contributed by atoms with E-state index in [4.69, 9.17) is 14.2 Å². The number of rotatable bonds is 6. The van der Waals surface area contributed by atoms with Crippen LogP contribution in [0.15, 0.2) is 0 Å². The van der Waals surface area contributed by atoms with Gasteiger partial charge in [0.1, 0.15) is 48.8 Å². The van der Waals surface area contributed by atoms with Gasteiger partial charge in [-0.3, -0.25) is 4.79 Å². The lowest BCUT2D eigenvalue weighted by Crippen LogP contribution is -2.71. The lowest BCUT2D eigenvalue weighted by molar-refractivity contribution is -0.372. The first-order chi connectivity index (χ1) is 14.2. The standard InChI is InChI=1S/C17H29NO12/c19-4-7-9(21)10(22)11(23)16(28-7)29-13-8(5-20)30-17(27,15(26)12(13)24)14(25)6-2-1-3-18-6/h6-13,15-16,18-24,26-27H,1-5H2/t6-,7+,8+,9-,10-,11+,12-,13+,15+,16-,17?/m0/s1. The predicted octanol–water partition coefficient (Wildman–Crippen LogP) is -5.71. The summed E-state index contributed by atoms with van der Waals surface area (Å²) in [7, 11) is 0. The van der Waals surface area contributed by atoms with Crippen molar-refractivity contribution in [3.8, 4) is 0 Å². The first kappa shape index (κ1) is 23.8. The number of ether oxygens (including phenoxy) is 3. The van der Waals surface area contributed by atoms with E-state index in [0.29, 0.717) is 19.4 Å². The Labute approximate surface area is 171 Å². The van der Waals surface area contributed by atoms with Gasteiger partial charge in [0.2, 0.25) is 5.78 Å². The second-order valence-corrected chi connectivity index (χ2v) is 7.78. The van der Waals surface area contributed by atoms with Crippen LogP contribution in [0.5, 0.6) is 0 Å². The van der Waals surface area contributed by atoms with Gasteiger partial charge in [0, 0.05) is 0 Å². The Morgan fingerprint density at radius 3 is 2.23 bits per heavy atom. The number of hydrogen-bond donors (Lipinski definition) is 9. The van der Waals surface area contributed by atoms with Crippen LogP contribution in [0.25, 0.3) is 0 Å². The van der Waals surface area contributed by atoms with E-state index in [2.05, 4.69) is 5.32 Å². The highest BCUT2D eigenvalue weighted by molar-refractivity contribution is 5.91. The van der Waals surface area contributed by atoms with Crippen molar-refractivity contribution in [3.05, 3.63) is 0 Å². The quantitative estimate of drug-likeness (QED) is 0.189. The van der Waals surface area contributed by atoms with Crippen LogP contribution in [0.2, 0.25) is 0 Å². The molecular weight excluding hydrogens is 410 g/mol. The van der Waals surface area contributed by atoms with Crippen LogP contribution < -0.4 is 5.32 Å². The van der Waals surface area contributed by atoms with Crippen LogP contribution in [-0.4, -0.2) is 133 Å². The molecule has 0 bridgehead atoms. The minimum absolute atomic E-state index is 0.391. The van der Waals surface area contributed by atoms with Gasteiger partial charge in [0.15, 0.2) is 6.29 Å². The van der Waals surface area contributed by atoms with Crippen molar-refractivity contribution >= 4 is 5.78 Å². The molecule has 0 aliphatic carbocycles. The van der Waals surface area contributed by atoms with E-state index in [1.54, 1.807) is 0 Å². The molecule has 0 amide bonds. The van der Waals surface area contributed by atoms with Gasteiger partial charge in [0.25, 0.3) is 5.79 Å². The lowest BCUT2D eigenvalue weighted by Gasteiger charge is -2.48. The zero-order valence-electron chi connectivity index (χ0n) is 16.0. The number of aliphatic hydroxyl groups excluding tert-OH is 7. The monoisotopic (exact) mass is 439 g/mol. The molecule has 3 saturated heterocycles. The zero-order valence-corrected chi connectivity index (χ0v) is 16.0.